The molecule has 0 fully saturated rings. The van der Waals surface area contributed by atoms with Crippen LogP contribution in [0.3, 0.4) is 0 Å². The number of oxime groups is 1. The van der Waals surface area contributed by atoms with E-state index in [-0.39, 0.29) is 0 Å². The van der Waals surface area contributed by atoms with Crippen molar-refractivity contribution in [1.82, 2.24) is 0 Å². The highest BCUT2D eigenvalue weighted by Crippen LogP contribution is 2.26. The van der Waals surface area contributed by atoms with E-state index >= 15 is 0 Å². The van der Waals surface area contributed by atoms with Crippen LogP contribution in [0.1, 0.15) is 11.1 Å². The van der Waals surface area contributed by atoms with Crippen LogP contribution >= 0.6 is 0 Å². The zero-order chi connectivity index (χ0) is 12.3. The molecule has 0 spiro atoms. The van der Waals surface area contributed by atoms with E-state index in [0.717, 1.165) is 18.5 Å². The van der Waals surface area contributed by atoms with E-state index in [1.807, 2.05) is 18.2 Å². The van der Waals surface area contributed by atoms with Crippen LogP contribution in [0.25, 0.3) is 0 Å². The molecule has 0 saturated heterocycles. The summed E-state index contributed by atoms with van der Waals surface area (Å²) in [5, 5.41) is 12.0. The van der Waals surface area contributed by atoms with E-state index in [4.69, 9.17) is 5.11 Å². The Morgan fingerprint density at radius 3 is 3.24 bits per heavy atom. The Labute approximate surface area is 99.3 Å². The van der Waals surface area contributed by atoms with Crippen LogP contribution in [-0.2, 0) is 16.1 Å². The molecule has 17 heavy (non-hydrogen) atoms. The first-order valence-electron chi connectivity index (χ1n) is 5.38. The summed E-state index contributed by atoms with van der Waals surface area (Å²) in [6.07, 6.45) is 2.56. The van der Waals surface area contributed by atoms with Crippen LogP contribution in [0.5, 0.6) is 0 Å². The van der Waals surface area contributed by atoms with Gasteiger partial charge in [0, 0.05) is 19.3 Å². The van der Waals surface area contributed by atoms with Crippen molar-refractivity contribution in [2.75, 3.05) is 25.1 Å². The van der Waals surface area contributed by atoms with Crippen molar-refractivity contribution in [3.63, 3.8) is 0 Å². The molecule has 0 aromatic heterocycles. The number of rotatable bonds is 4. The lowest BCUT2D eigenvalue weighted by Crippen LogP contribution is -2.12. The lowest BCUT2D eigenvalue weighted by molar-refractivity contribution is -0.142. The number of hydrogen-bond acceptors (Lipinski definition) is 4. The average molecular weight is 234 g/mol. The second-order valence-electron chi connectivity index (χ2n) is 3.96. The van der Waals surface area contributed by atoms with E-state index in [2.05, 4.69) is 21.9 Å². The molecule has 5 heteroatoms. The van der Waals surface area contributed by atoms with E-state index < -0.39 is 12.6 Å². The predicted octanol–water partition coefficient (Wildman–Crippen LogP) is 1.11. The van der Waals surface area contributed by atoms with Crippen LogP contribution < -0.4 is 4.90 Å². The lowest BCUT2D eigenvalue weighted by atomic mass is 10.1. The summed E-state index contributed by atoms with van der Waals surface area (Å²) in [4.78, 5) is 17.0. The standard InChI is InChI=1S/C12H14N2O3/c1-14-5-4-10-6-9(2-3-11(10)14)7-13-17-8-12(15)16/h2-3,6-7H,4-5,8H2,1H3,(H,15,16). The highest BCUT2D eigenvalue weighted by atomic mass is 16.6. The minimum Gasteiger partial charge on any atom is -0.479 e. The molecule has 1 N–H and O–H groups in total. The number of fused-ring (bicyclic) bond motifs is 1. The van der Waals surface area contributed by atoms with Gasteiger partial charge in [-0.1, -0.05) is 11.2 Å². The number of carboxylic acid groups (broad SMARTS) is 1. The second kappa shape index (κ2) is 4.86. The van der Waals surface area contributed by atoms with Crippen molar-refractivity contribution in [1.29, 1.82) is 0 Å². The molecule has 5 nitrogen and oxygen atoms in total. The van der Waals surface area contributed by atoms with Gasteiger partial charge in [0.15, 0.2) is 0 Å². The molecule has 90 valence electrons. The third kappa shape index (κ3) is 2.75. The van der Waals surface area contributed by atoms with Gasteiger partial charge in [0.05, 0.1) is 6.21 Å². The first-order chi connectivity index (χ1) is 8.16. The Kier molecular flexibility index (Phi) is 3.27. The molecule has 1 aliphatic heterocycles. The van der Waals surface area contributed by atoms with Crippen molar-refractivity contribution < 1.29 is 14.7 Å². The molecule has 0 radical (unpaired) electrons. The monoisotopic (exact) mass is 234 g/mol. The topological polar surface area (TPSA) is 62.1 Å². The van der Waals surface area contributed by atoms with Crippen LogP contribution in [0.2, 0.25) is 0 Å². The number of nitrogens with zero attached hydrogens (tertiary/aromatic N) is 2. The third-order valence-electron chi connectivity index (χ3n) is 2.70. The zero-order valence-electron chi connectivity index (χ0n) is 9.59. The van der Waals surface area contributed by atoms with Crippen LogP contribution in [-0.4, -0.2) is 37.5 Å². The minimum absolute atomic E-state index is 0.413. The van der Waals surface area contributed by atoms with E-state index in [1.54, 1.807) is 0 Å². The second-order valence-corrected chi connectivity index (χ2v) is 3.96. The number of likely N-dealkylation sites (N-methyl/N-ethyl adjacent to an activating group) is 1. The highest BCUT2D eigenvalue weighted by molar-refractivity contribution is 5.81. The summed E-state index contributed by atoms with van der Waals surface area (Å²) in [5.41, 5.74) is 3.45. The number of benzene rings is 1. The maximum absolute atomic E-state index is 10.2. The SMILES string of the molecule is CN1CCc2cc(C=NOCC(=O)O)ccc21. The normalized spacial score (nSPS) is 14.1. The lowest BCUT2D eigenvalue weighted by Gasteiger charge is -2.11. The Morgan fingerprint density at radius 2 is 2.47 bits per heavy atom. The van der Waals surface area contributed by atoms with Gasteiger partial charge in [-0.2, -0.15) is 0 Å². The fourth-order valence-corrected chi connectivity index (χ4v) is 1.86. The van der Waals surface area contributed by atoms with Gasteiger partial charge < -0.3 is 14.8 Å². The maximum atomic E-state index is 10.2. The van der Waals surface area contributed by atoms with Crippen LogP contribution in [0.15, 0.2) is 23.4 Å². The zero-order valence-corrected chi connectivity index (χ0v) is 9.59. The van der Waals surface area contributed by atoms with Crippen LogP contribution in [0.4, 0.5) is 5.69 Å². The van der Waals surface area contributed by atoms with E-state index in [0.29, 0.717) is 0 Å². The number of hydrogen-bond donors (Lipinski definition) is 1. The molecular formula is C12H14N2O3. The van der Waals surface area contributed by atoms with Gasteiger partial charge in [0.25, 0.3) is 0 Å². The van der Waals surface area contributed by atoms with Gasteiger partial charge >= 0.3 is 5.97 Å². The number of carbonyl (C=O) groups is 1. The molecule has 0 aliphatic carbocycles. The highest BCUT2D eigenvalue weighted by Gasteiger charge is 2.14. The van der Waals surface area contributed by atoms with E-state index in [9.17, 15) is 4.79 Å². The minimum atomic E-state index is -1.03. The molecule has 0 saturated carbocycles. The van der Waals surface area contributed by atoms with Crippen molar-refractivity contribution >= 4 is 17.9 Å². The number of carboxylic acids is 1. The fraction of sp³-hybridized carbons (Fsp3) is 0.333. The summed E-state index contributed by atoms with van der Waals surface area (Å²) in [6.45, 7) is 0.621. The summed E-state index contributed by atoms with van der Waals surface area (Å²) in [5.74, 6) is -1.03. The quantitative estimate of drug-likeness (QED) is 0.626. The molecule has 1 aromatic rings. The molecule has 2 rings (SSSR count). The van der Waals surface area contributed by atoms with Gasteiger partial charge in [-0.3, -0.25) is 0 Å². The largest absolute Gasteiger partial charge is 0.479 e. The Hall–Kier alpha value is -2.04. The number of aliphatic carboxylic acids is 1. The summed E-state index contributed by atoms with van der Waals surface area (Å²) in [6, 6.07) is 6.03. The molecule has 0 unspecified atom stereocenters. The fourth-order valence-electron chi connectivity index (χ4n) is 1.86. The van der Waals surface area contributed by atoms with Gasteiger partial charge in [0.1, 0.15) is 0 Å². The van der Waals surface area contributed by atoms with Gasteiger partial charge in [-0.15, -0.1) is 0 Å². The summed E-state index contributed by atoms with van der Waals surface area (Å²) < 4.78 is 0. The molecular weight excluding hydrogens is 220 g/mol. The van der Waals surface area contributed by atoms with Gasteiger partial charge in [-0.25, -0.2) is 4.79 Å². The third-order valence-corrected chi connectivity index (χ3v) is 2.70. The molecule has 0 atom stereocenters. The van der Waals surface area contributed by atoms with E-state index in [1.165, 1.54) is 17.5 Å². The Bertz CT molecular complexity index is 457. The predicted molar refractivity (Wildman–Crippen MR) is 64.6 cm³/mol. The van der Waals surface area contributed by atoms with Crippen molar-refractivity contribution in [2.45, 2.75) is 6.42 Å². The molecule has 1 aromatic carbocycles. The van der Waals surface area contributed by atoms with Gasteiger partial charge in [-0.05, 0) is 29.7 Å². The number of anilines is 1. The summed E-state index contributed by atoms with van der Waals surface area (Å²) in [7, 11) is 2.07. The Balaban J connectivity index is 2.01. The van der Waals surface area contributed by atoms with Crippen molar-refractivity contribution in [3.05, 3.63) is 29.3 Å². The summed E-state index contributed by atoms with van der Waals surface area (Å²) >= 11 is 0. The average Bonchev–Trinajstić information content (AvgIpc) is 2.66. The van der Waals surface area contributed by atoms with Crippen molar-refractivity contribution in [2.24, 2.45) is 5.16 Å². The first kappa shape index (κ1) is 11.4. The molecule has 0 amide bonds. The smallest absolute Gasteiger partial charge is 0.344 e. The molecule has 1 heterocycles. The molecule has 0 bridgehead atoms. The maximum Gasteiger partial charge on any atom is 0.344 e. The van der Waals surface area contributed by atoms with Crippen molar-refractivity contribution in [3.8, 4) is 0 Å². The van der Waals surface area contributed by atoms with Gasteiger partial charge in [0.2, 0.25) is 6.61 Å². The molecule has 1 aliphatic rings. The first-order valence-corrected chi connectivity index (χ1v) is 5.38. The Morgan fingerprint density at radius 1 is 1.65 bits per heavy atom. The van der Waals surface area contributed by atoms with Crippen LogP contribution in [0, 0.1) is 0 Å².